The molecule has 9 nitrogen and oxygen atoms in total. The second-order valence-electron chi connectivity index (χ2n) is 4.84. The molecule has 0 saturated heterocycles. The Labute approximate surface area is 122 Å². The molecule has 2 atom stereocenters. The maximum absolute atomic E-state index is 11.9. The van der Waals surface area contributed by atoms with E-state index in [1.807, 2.05) is 0 Å². The molecule has 9 heteroatoms. The van der Waals surface area contributed by atoms with Gasteiger partial charge in [-0.2, -0.15) is 0 Å². The number of carbonyl (C=O) groups excluding carboxylic acids is 3. The van der Waals surface area contributed by atoms with Gasteiger partial charge in [0, 0.05) is 0 Å². The molecule has 2 unspecified atom stereocenters. The lowest BCUT2D eigenvalue weighted by atomic mass is 10.0. The van der Waals surface area contributed by atoms with Crippen LogP contribution in [0.2, 0.25) is 0 Å². The molecule has 3 amide bonds. The van der Waals surface area contributed by atoms with E-state index in [4.69, 9.17) is 10.8 Å². The van der Waals surface area contributed by atoms with Crippen molar-refractivity contribution in [2.75, 3.05) is 13.1 Å². The molecule has 0 rings (SSSR count). The van der Waals surface area contributed by atoms with Gasteiger partial charge in [-0.3, -0.25) is 19.2 Å². The molecule has 6 N–H and O–H groups in total. The Hall–Kier alpha value is -2.16. The monoisotopic (exact) mass is 302 g/mol. The molecule has 0 aromatic rings. The fraction of sp³-hybridized carbons (Fsp3) is 0.667. The minimum atomic E-state index is -1.18. The maximum atomic E-state index is 11.9. The Morgan fingerprint density at radius 1 is 1.05 bits per heavy atom. The normalized spacial score (nSPS) is 13.2. The molecule has 0 aliphatic carbocycles. The van der Waals surface area contributed by atoms with Crippen molar-refractivity contribution in [2.24, 2.45) is 11.7 Å². The third-order valence-electron chi connectivity index (χ3n) is 2.62. The zero-order valence-corrected chi connectivity index (χ0v) is 12.3. The standard InChI is InChI=1S/C12H22N4O5/c1-6(2)10(16-8(17)4-13)11(19)14-5-9(18)15-7(3)12(20)21/h6-7,10H,4-5,13H2,1-3H3,(H,14,19)(H,15,18)(H,16,17)(H,20,21). The first-order valence-electron chi connectivity index (χ1n) is 6.48. The number of hydrogen-bond donors (Lipinski definition) is 5. The number of nitrogens with one attached hydrogen (secondary N) is 3. The maximum Gasteiger partial charge on any atom is 0.325 e. The van der Waals surface area contributed by atoms with Crippen molar-refractivity contribution in [1.82, 2.24) is 16.0 Å². The smallest absolute Gasteiger partial charge is 0.325 e. The average molecular weight is 302 g/mol. The summed E-state index contributed by atoms with van der Waals surface area (Å²) in [6.07, 6.45) is 0. The van der Waals surface area contributed by atoms with Crippen LogP contribution in [0.5, 0.6) is 0 Å². The van der Waals surface area contributed by atoms with Crippen molar-refractivity contribution in [3.63, 3.8) is 0 Å². The summed E-state index contributed by atoms with van der Waals surface area (Å²) in [7, 11) is 0. The predicted molar refractivity (Wildman–Crippen MR) is 74.1 cm³/mol. The predicted octanol–water partition coefficient (Wildman–Crippen LogP) is -2.21. The minimum absolute atomic E-state index is 0.193. The topological polar surface area (TPSA) is 151 Å². The molecular formula is C12H22N4O5. The summed E-state index contributed by atoms with van der Waals surface area (Å²) in [6.45, 7) is 4.15. The molecule has 0 heterocycles. The van der Waals surface area contributed by atoms with Crippen LogP contribution in [0.1, 0.15) is 20.8 Å². The van der Waals surface area contributed by atoms with Gasteiger partial charge in [0.25, 0.3) is 0 Å². The summed E-state index contributed by atoms with van der Waals surface area (Å²) in [5, 5.41) is 15.6. The highest BCUT2D eigenvalue weighted by atomic mass is 16.4. The second-order valence-corrected chi connectivity index (χ2v) is 4.84. The fourth-order valence-corrected chi connectivity index (χ4v) is 1.40. The van der Waals surface area contributed by atoms with Crippen molar-refractivity contribution in [1.29, 1.82) is 0 Å². The zero-order valence-electron chi connectivity index (χ0n) is 12.3. The molecule has 120 valence electrons. The lowest BCUT2D eigenvalue weighted by Crippen LogP contribution is -2.53. The number of carboxylic acids is 1. The van der Waals surface area contributed by atoms with Gasteiger partial charge in [0.2, 0.25) is 17.7 Å². The van der Waals surface area contributed by atoms with Gasteiger partial charge in [-0.1, -0.05) is 13.8 Å². The highest BCUT2D eigenvalue weighted by molar-refractivity contribution is 5.91. The van der Waals surface area contributed by atoms with Crippen LogP contribution in [0.25, 0.3) is 0 Å². The Balaban J connectivity index is 4.40. The average Bonchev–Trinajstić information content (AvgIpc) is 2.41. The summed E-state index contributed by atoms with van der Waals surface area (Å²) in [5.41, 5.74) is 5.16. The van der Waals surface area contributed by atoms with Gasteiger partial charge >= 0.3 is 5.97 Å². The molecule has 0 bridgehead atoms. The van der Waals surface area contributed by atoms with Gasteiger partial charge in [0.1, 0.15) is 12.1 Å². The number of carbonyl (C=O) groups is 4. The lowest BCUT2D eigenvalue weighted by Gasteiger charge is -2.21. The van der Waals surface area contributed by atoms with E-state index in [2.05, 4.69) is 16.0 Å². The molecule has 0 spiro atoms. The molecule has 0 radical (unpaired) electrons. The molecule has 0 aliphatic rings. The van der Waals surface area contributed by atoms with E-state index in [-0.39, 0.29) is 19.0 Å². The van der Waals surface area contributed by atoms with Crippen LogP contribution in [-0.2, 0) is 19.2 Å². The number of carboxylic acid groups (broad SMARTS) is 1. The molecular weight excluding hydrogens is 280 g/mol. The lowest BCUT2D eigenvalue weighted by molar-refractivity contribution is -0.141. The molecule has 0 aromatic heterocycles. The van der Waals surface area contributed by atoms with Crippen LogP contribution in [0.4, 0.5) is 0 Å². The van der Waals surface area contributed by atoms with Crippen molar-refractivity contribution in [3.05, 3.63) is 0 Å². The SMILES string of the molecule is CC(NC(=O)CNC(=O)C(NC(=O)CN)C(C)C)C(=O)O. The van der Waals surface area contributed by atoms with Crippen molar-refractivity contribution in [2.45, 2.75) is 32.9 Å². The molecule has 0 aliphatic heterocycles. The number of nitrogens with two attached hydrogens (primary N) is 1. The van der Waals surface area contributed by atoms with E-state index in [0.29, 0.717) is 0 Å². The van der Waals surface area contributed by atoms with Gasteiger partial charge in [-0.25, -0.2) is 0 Å². The van der Waals surface area contributed by atoms with Crippen LogP contribution in [0.3, 0.4) is 0 Å². The highest BCUT2D eigenvalue weighted by Gasteiger charge is 2.24. The Bertz CT molecular complexity index is 410. The van der Waals surface area contributed by atoms with E-state index in [9.17, 15) is 19.2 Å². The van der Waals surface area contributed by atoms with E-state index in [1.165, 1.54) is 6.92 Å². The second kappa shape index (κ2) is 8.90. The van der Waals surface area contributed by atoms with E-state index in [0.717, 1.165) is 0 Å². The summed E-state index contributed by atoms with van der Waals surface area (Å²) >= 11 is 0. The van der Waals surface area contributed by atoms with E-state index in [1.54, 1.807) is 13.8 Å². The molecule has 0 aromatic carbocycles. The number of hydrogen-bond acceptors (Lipinski definition) is 5. The van der Waals surface area contributed by atoms with Crippen LogP contribution in [-0.4, -0.2) is 54.0 Å². The fourth-order valence-electron chi connectivity index (χ4n) is 1.40. The van der Waals surface area contributed by atoms with E-state index >= 15 is 0 Å². The van der Waals surface area contributed by atoms with Crippen LogP contribution >= 0.6 is 0 Å². The number of aliphatic carboxylic acids is 1. The third kappa shape index (κ3) is 7.25. The van der Waals surface area contributed by atoms with Crippen molar-refractivity contribution in [3.8, 4) is 0 Å². The first-order valence-corrected chi connectivity index (χ1v) is 6.48. The first kappa shape index (κ1) is 18.8. The summed E-state index contributed by atoms with van der Waals surface area (Å²) in [4.78, 5) is 45.1. The van der Waals surface area contributed by atoms with Gasteiger partial charge in [0.05, 0.1) is 13.1 Å². The Morgan fingerprint density at radius 2 is 1.62 bits per heavy atom. The van der Waals surface area contributed by atoms with E-state index < -0.39 is 35.8 Å². The number of amides is 3. The van der Waals surface area contributed by atoms with Crippen LogP contribution in [0, 0.1) is 5.92 Å². The van der Waals surface area contributed by atoms with Gasteiger partial charge in [-0.15, -0.1) is 0 Å². The molecule has 21 heavy (non-hydrogen) atoms. The minimum Gasteiger partial charge on any atom is -0.480 e. The summed E-state index contributed by atoms with van der Waals surface area (Å²) < 4.78 is 0. The first-order chi connectivity index (χ1) is 9.68. The summed E-state index contributed by atoms with van der Waals surface area (Å²) in [6, 6.07) is -1.86. The van der Waals surface area contributed by atoms with Crippen molar-refractivity contribution >= 4 is 23.7 Å². The largest absolute Gasteiger partial charge is 0.480 e. The van der Waals surface area contributed by atoms with Gasteiger partial charge < -0.3 is 26.8 Å². The number of rotatable bonds is 8. The zero-order chi connectivity index (χ0) is 16.6. The molecule has 0 fully saturated rings. The quantitative estimate of drug-likeness (QED) is 0.343. The van der Waals surface area contributed by atoms with Crippen molar-refractivity contribution < 1.29 is 24.3 Å². The summed E-state index contributed by atoms with van der Waals surface area (Å²) in [5.74, 6) is -3.02. The molecule has 0 saturated carbocycles. The van der Waals surface area contributed by atoms with Gasteiger partial charge in [0.15, 0.2) is 0 Å². The highest BCUT2D eigenvalue weighted by Crippen LogP contribution is 2.01. The Morgan fingerprint density at radius 3 is 2.05 bits per heavy atom. The Kier molecular flexibility index (Phi) is 7.99. The van der Waals surface area contributed by atoms with Gasteiger partial charge in [-0.05, 0) is 12.8 Å². The van der Waals surface area contributed by atoms with Crippen LogP contribution in [0.15, 0.2) is 0 Å². The van der Waals surface area contributed by atoms with Crippen LogP contribution < -0.4 is 21.7 Å². The third-order valence-corrected chi connectivity index (χ3v) is 2.62.